The first kappa shape index (κ1) is 22.1. The molecule has 3 aromatic rings. The Bertz CT molecular complexity index is 1080. The van der Waals surface area contributed by atoms with Gasteiger partial charge in [-0.2, -0.15) is 5.10 Å². The first-order chi connectivity index (χ1) is 15.4. The lowest BCUT2D eigenvalue weighted by Crippen LogP contribution is -2.39. The van der Waals surface area contributed by atoms with Crippen molar-refractivity contribution in [3.05, 3.63) is 76.6 Å². The molecule has 168 valence electrons. The van der Waals surface area contributed by atoms with Crippen LogP contribution in [-0.4, -0.2) is 45.2 Å². The van der Waals surface area contributed by atoms with Gasteiger partial charge in [-0.05, 0) is 81.6 Å². The summed E-state index contributed by atoms with van der Waals surface area (Å²) in [7, 11) is 1.86. The lowest BCUT2D eigenvalue weighted by atomic mass is 9.91. The van der Waals surface area contributed by atoms with Crippen molar-refractivity contribution in [2.75, 3.05) is 25.0 Å². The molecule has 1 aliphatic rings. The van der Waals surface area contributed by atoms with Gasteiger partial charge in [0, 0.05) is 24.4 Å². The van der Waals surface area contributed by atoms with Gasteiger partial charge in [-0.15, -0.1) is 0 Å². The van der Waals surface area contributed by atoms with Crippen molar-refractivity contribution in [1.82, 2.24) is 19.7 Å². The number of rotatable bonds is 6. The van der Waals surface area contributed by atoms with E-state index < -0.39 is 0 Å². The number of amides is 1. The summed E-state index contributed by atoms with van der Waals surface area (Å²) in [6.45, 7) is 6.09. The molecule has 1 fully saturated rings. The molecular weight excluding hydrogens is 405 g/mol. The van der Waals surface area contributed by atoms with Gasteiger partial charge in [0.15, 0.2) is 0 Å². The van der Waals surface area contributed by atoms with Crippen LogP contribution >= 0.6 is 0 Å². The monoisotopic (exact) mass is 435 g/mol. The zero-order valence-electron chi connectivity index (χ0n) is 18.9. The smallest absolute Gasteiger partial charge is 0.238 e. The van der Waals surface area contributed by atoms with Crippen LogP contribution in [0.1, 0.15) is 47.0 Å². The maximum atomic E-state index is 13.2. The average Bonchev–Trinajstić information content (AvgIpc) is 3.07. The van der Waals surface area contributed by atoms with Gasteiger partial charge in [-0.1, -0.05) is 12.1 Å². The summed E-state index contributed by atoms with van der Waals surface area (Å²) in [5.41, 5.74) is 6.13. The van der Waals surface area contributed by atoms with Gasteiger partial charge in [0.1, 0.15) is 5.82 Å². The van der Waals surface area contributed by atoms with E-state index in [-0.39, 0.29) is 11.7 Å². The van der Waals surface area contributed by atoms with Crippen LogP contribution in [0.5, 0.6) is 0 Å². The largest absolute Gasteiger partial charge is 0.322 e. The maximum Gasteiger partial charge on any atom is 0.238 e. The number of hydrogen-bond acceptors (Lipinski definition) is 4. The third-order valence-electron chi connectivity index (χ3n) is 6.24. The molecule has 0 radical (unpaired) electrons. The minimum absolute atomic E-state index is 0.00480. The van der Waals surface area contributed by atoms with E-state index in [1.54, 1.807) is 10.9 Å². The molecule has 3 heterocycles. The topological polar surface area (TPSA) is 63.1 Å². The minimum Gasteiger partial charge on any atom is -0.322 e. The molecule has 7 heteroatoms. The number of halogens is 1. The van der Waals surface area contributed by atoms with Gasteiger partial charge in [-0.25, -0.2) is 4.39 Å². The minimum atomic E-state index is -0.212. The number of anilines is 1. The van der Waals surface area contributed by atoms with Gasteiger partial charge in [-0.3, -0.25) is 19.4 Å². The number of nitrogens with one attached hydrogen (secondary N) is 1. The van der Waals surface area contributed by atoms with Crippen molar-refractivity contribution in [3.63, 3.8) is 0 Å². The maximum absolute atomic E-state index is 13.2. The van der Waals surface area contributed by atoms with Crippen molar-refractivity contribution in [2.45, 2.75) is 39.0 Å². The molecule has 1 N–H and O–H groups in total. The van der Waals surface area contributed by atoms with Gasteiger partial charge in [0.25, 0.3) is 0 Å². The molecule has 1 aromatic carbocycles. The number of carbonyl (C=O) groups is 1. The summed E-state index contributed by atoms with van der Waals surface area (Å²) in [4.78, 5) is 19.5. The van der Waals surface area contributed by atoms with Crippen molar-refractivity contribution >= 4 is 11.6 Å². The van der Waals surface area contributed by atoms with Gasteiger partial charge in [0.2, 0.25) is 5.91 Å². The lowest BCUT2D eigenvalue weighted by Gasteiger charge is -2.31. The summed E-state index contributed by atoms with van der Waals surface area (Å²) >= 11 is 0. The highest BCUT2D eigenvalue weighted by Crippen LogP contribution is 2.28. The van der Waals surface area contributed by atoms with E-state index in [4.69, 9.17) is 4.98 Å². The number of piperidine rings is 1. The van der Waals surface area contributed by atoms with Gasteiger partial charge < -0.3 is 5.32 Å². The lowest BCUT2D eigenvalue weighted by molar-refractivity contribution is -0.117. The zero-order chi connectivity index (χ0) is 22.7. The van der Waals surface area contributed by atoms with Crippen LogP contribution in [0.3, 0.4) is 0 Å². The fourth-order valence-corrected chi connectivity index (χ4v) is 4.32. The van der Waals surface area contributed by atoms with Crippen LogP contribution in [0.2, 0.25) is 0 Å². The Morgan fingerprint density at radius 1 is 1.12 bits per heavy atom. The van der Waals surface area contributed by atoms with Crippen LogP contribution in [0.4, 0.5) is 10.1 Å². The number of nitrogens with zero attached hydrogens (tertiary/aromatic N) is 4. The molecule has 4 rings (SSSR count). The van der Waals surface area contributed by atoms with E-state index in [1.807, 2.05) is 33.0 Å². The van der Waals surface area contributed by atoms with E-state index in [0.29, 0.717) is 12.5 Å². The summed E-state index contributed by atoms with van der Waals surface area (Å²) < 4.78 is 14.9. The Morgan fingerprint density at radius 3 is 2.50 bits per heavy atom. The summed E-state index contributed by atoms with van der Waals surface area (Å²) in [6, 6.07) is 11.0. The quantitative estimate of drug-likeness (QED) is 0.636. The molecule has 0 atom stereocenters. The zero-order valence-corrected chi connectivity index (χ0v) is 18.9. The first-order valence-electron chi connectivity index (χ1n) is 11.1. The number of pyridine rings is 1. The van der Waals surface area contributed by atoms with Crippen molar-refractivity contribution < 1.29 is 9.18 Å². The summed E-state index contributed by atoms with van der Waals surface area (Å²) in [5, 5.41) is 7.13. The molecule has 2 aromatic heterocycles. The fourth-order valence-electron chi connectivity index (χ4n) is 4.32. The van der Waals surface area contributed by atoms with E-state index in [1.165, 1.54) is 17.7 Å². The molecule has 0 bridgehead atoms. The van der Waals surface area contributed by atoms with E-state index >= 15 is 0 Å². The molecular formula is C25H30FN5O. The molecule has 0 aliphatic carbocycles. The molecule has 1 saturated heterocycles. The Labute approximate surface area is 188 Å². The molecule has 1 aliphatic heterocycles. The number of carbonyl (C=O) groups excluding carboxylic acids is 1. The molecule has 1 amide bonds. The number of benzene rings is 1. The van der Waals surface area contributed by atoms with E-state index in [9.17, 15) is 9.18 Å². The van der Waals surface area contributed by atoms with Crippen LogP contribution in [0.25, 0.3) is 0 Å². The molecule has 0 unspecified atom stereocenters. The second-order valence-electron chi connectivity index (χ2n) is 8.71. The average molecular weight is 436 g/mol. The normalized spacial score (nSPS) is 15.1. The predicted molar refractivity (Wildman–Crippen MR) is 123 cm³/mol. The fraction of sp³-hybridized carbons (Fsp3) is 0.400. The Morgan fingerprint density at radius 2 is 1.84 bits per heavy atom. The molecule has 0 saturated carbocycles. The summed E-state index contributed by atoms with van der Waals surface area (Å²) in [5.74, 6) is 0.174. The summed E-state index contributed by atoms with van der Waals surface area (Å²) in [6.07, 6.45) is 4.41. The molecule has 6 nitrogen and oxygen atoms in total. The first-order valence-corrected chi connectivity index (χ1v) is 11.1. The standard InChI is InChI=1S/C25H30FN5O/c1-17-12-20(13-19-4-6-22(26)7-5-19)14-23(28-17)21-8-10-31(11-9-21)16-25(32)29-24-15-27-30(3)18(24)2/h4-7,12,14-15,21H,8-11,13,16H2,1-3H3,(H,29,32). The number of likely N-dealkylation sites (tertiary alicyclic amines) is 1. The van der Waals surface area contributed by atoms with Crippen LogP contribution in [0, 0.1) is 19.7 Å². The highest BCUT2D eigenvalue weighted by atomic mass is 19.1. The SMILES string of the molecule is Cc1cc(Cc2ccc(F)cc2)cc(C2CCN(CC(=O)Nc3cnn(C)c3C)CC2)n1. The van der Waals surface area contributed by atoms with Crippen LogP contribution < -0.4 is 5.32 Å². The van der Waals surface area contributed by atoms with Crippen molar-refractivity contribution in [3.8, 4) is 0 Å². The number of hydrogen-bond donors (Lipinski definition) is 1. The second-order valence-corrected chi connectivity index (χ2v) is 8.71. The van der Waals surface area contributed by atoms with E-state index in [2.05, 4.69) is 27.4 Å². The Kier molecular flexibility index (Phi) is 6.65. The third kappa shape index (κ3) is 5.40. The van der Waals surface area contributed by atoms with Crippen LogP contribution in [0.15, 0.2) is 42.6 Å². The number of aryl methyl sites for hydroxylation is 2. The predicted octanol–water partition coefficient (Wildman–Crippen LogP) is 3.98. The Balaban J connectivity index is 1.33. The number of aromatic nitrogens is 3. The van der Waals surface area contributed by atoms with E-state index in [0.717, 1.165) is 60.7 Å². The van der Waals surface area contributed by atoms with Crippen molar-refractivity contribution in [2.24, 2.45) is 7.05 Å². The second kappa shape index (κ2) is 9.61. The van der Waals surface area contributed by atoms with Gasteiger partial charge >= 0.3 is 0 Å². The molecule has 32 heavy (non-hydrogen) atoms. The third-order valence-corrected chi connectivity index (χ3v) is 6.24. The molecule has 0 spiro atoms. The Hall–Kier alpha value is -3.06. The van der Waals surface area contributed by atoms with Gasteiger partial charge in [0.05, 0.1) is 24.1 Å². The van der Waals surface area contributed by atoms with Crippen molar-refractivity contribution in [1.29, 1.82) is 0 Å². The van der Waals surface area contributed by atoms with Crippen LogP contribution in [-0.2, 0) is 18.3 Å². The highest BCUT2D eigenvalue weighted by molar-refractivity contribution is 5.92. The highest BCUT2D eigenvalue weighted by Gasteiger charge is 2.24.